The molecule has 3 nitrogen and oxygen atoms in total. The summed E-state index contributed by atoms with van der Waals surface area (Å²) in [7, 11) is 0. The third kappa shape index (κ3) is 1.88. The van der Waals surface area contributed by atoms with Crippen LogP contribution >= 0.6 is 0 Å². The first kappa shape index (κ1) is 12.9. The molecule has 98 valence electrons. The predicted octanol–water partition coefficient (Wildman–Crippen LogP) is 2.20. The van der Waals surface area contributed by atoms with Gasteiger partial charge in [0.15, 0.2) is 0 Å². The highest BCUT2D eigenvalue weighted by Crippen LogP contribution is 2.62. The van der Waals surface area contributed by atoms with Crippen LogP contribution in [0.2, 0.25) is 0 Å². The lowest BCUT2D eigenvalue weighted by Crippen LogP contribution is -2.56. The third-order valence-corrected chi connectivity index (χ3v) is 5.49. The molecule has 17 heavy (non-hydrogen) atoms. The van der Waals surface area contributed by atoms with E-state index in [9.17, 15) is 4.79 Å². The summed E-state index contributed by atoms with van der Waals surface area (Å²) in [6, 6.07) is 0.268. The molecule has 3 N–H and O–H groups in total. The second kappa shape index (κ2) is 3.71. The van der Waals surface area contributed by atoms with E-state index in [1.165, 1.54) is 6.42 Å². The lowest BCUT2D eigenvalue weighted by molar-refractivity contribution is -0.127. The van der Waals surface area contributed by atoms with Crippen LogP contribution in [-0.2, 0) is 4.79 Å². The van der Waals surface area contributed by atoms with Crippen molar-refractivity contribution in [2.75, 3.05) is 0 Å². The molecule has 0 bridgehead atoms. The van der Waals surface area contributed by atoms with Gasteiger partial charge < -0.3 is 11.1 Å². The molecule has 2 saturated carbocycles. The lowest BCUT2D eigenvalue weighted by Gasteiger charge is -2.32. The van der Waals surface area contributed by atoms with Crippen LogP contribution in [0.1, 0.15) is 59.8 Å². The first-order valence-corrected chi connectivity index (χ1v) is 6.82. The normalized spacial score (nSPS) is 29.7. The van der Waals surface area contributed by atoms with E-state index < -0.39 is 5.54 Å². The minimum atomic E-state index is -0.604. The molecule has 0 spiro atoms. The third-order valence-electron chi connectivity index (χ3n) is 5.49. The van der Waals surface area contributed by atoms with Gasteiger partial charge >= 0.3 is 0 Å². The van der Waals surface area contributed by atoms with Crippen LogP contribution in [-0.4, -0.2) is 17.5 Å². The molecule has 0 unspecified atom stereocenters. The maximum atomic E-state index is 12.3. The lowest BCUT2D eigenvalue weighted by atomic mass is 9.82. The summed E-state index contributed by atoms with van der Waals surface area (Å²) in [5, 5.41) is 3.18. The number of nitrogens with one attached hydrogen (secondary N) is 1. The van der Waals surface area contributed by atoms with E-state index in [4.69, 9.17) is 5.73 Å². The summed E-state index contributed by atoms with van der Waals surface area (Å²) in [6.45, 7) is 8.84. The Morgan fingerprint density at radius 3 is 1.94 bits per heavy atom. The standard InChI is InChI=1S/C14H26N2O/c1-12(2)10(13(12,3)4)16-11(17)14(15)8-6-5-7-9-14/h10H,5-9,15H2,1-4H3,(H,16,17). The number of hydrogen-bond donors (Lipinski definition) is 2. The summed E-state index contributed by atoms with van der Waals surface area (Å²) in [5.41, 5.74) is 6.02. The maximum absolute atomic E-state index is 12.3. The van der Waals surface area contributed by atoms with Crippen molar-refractivity contribution in [2.45, 2.75) is 71.4 Å². The van der Waals surface area contributed by atoms with Gasteiger partial charge in [0, 0.05) is 6.04 Å². The average Bonchev–Trinajstić information content (AvgIpc) is 2.62. The van der Waals surface area contributed by atoms with Gasteiger partial charge in [-0.25, -0.2) is 0 Å². The van der Waals surface area contributed by atoms with Gasteiger partial charge in [0.1, 0.15) is 0 Å². The van der Waals surface area contributed by atoms with Crippen molar-refractivity contribution >= 4 is 5.91 Å². The van der Waals surface area contributed by atoms with Crippen molar-refractivity contribution in [3.63, 3.8) is 0 Å². The van der Waals surface area contributed by atoms with Crippen LogP contribution < -0.4 is 11.1 Å². The van der Waals surface area contributed by atoms with E-state index in [2.05, 4.69) is 33.0 Å². The largest absolute Gasteiger partial charge is 0.351 e. The molecule has 0 aromatic carbocycles. The fourth-order valence-electron chi connectivity index (χ4n) is 3.24. The molecule has 0 atom stereocenters. The van der Waals surface area contributed by atoms with Crippen LogP contribution in [0.3, 0.4) is 0 Å². The number of hydrogen-bond acceptors (Lipinski definition) is 2. The Hall–Kier alpha value is -0.570. The highest BCUT2D eigenvalue weighted by molar-refractivity contribution is 5.87. The molecule has 0 heterocycles. The minimum Gasteiger partial charge on any atom is -0.351 e. The zero-order valence-corrected chi connectivity index (χ0v) is 11.6. The van der Waals surface area contributed by atoms with Crippen LogP contribution in [0.15, 0.2) is 0 Å². The van der Waals surface area contributed by atoms with Gasteiger partial charge in [0.2, 0.25) is 5.91 Å². The van der Waals surface area contributed by atoms with E-state index in [0.717, 1.165) is 25.7 Å². The van der Waals surface area contributed by atoms with Gasteiger partial charge in [-0.3, -0.25) is 4.79 Å². The molecule has 3 heteroatoms. The van der Waals surface area contributed by atoms with E-state index in [0.29, 0.717) is 0 Å². The first-order chi connectivity index (χ1) is 7.72. The maximum Gasteiger partial charge on any atom is 0.240 e. The highest BCUT2D eigenvalue weighted by atomic mass is 16.2. The van der Waals surface area contributed by atoms with Gasteiger partial charge in [0.05, 0.1) is 5.54 Å². The van der Waals surface area contributed by atoms with Crippen molar-refractivity contribution in [3.8, 4) is 0 Å². The van der Waals surface area contributed by atoms with Gasteiger partial charge in [-0.05, 0) is 23.7 Å². The number of carbonyl (C=O) groups excluding carboxylic acids is 1. The molecule has 0 saturated heterocycles. The van der Waals surface area contributed by atoms with Gasteiger partial charge in [-0.2, -0.15) is 0 Å². The fourth-order valence-corrected chi connectivity index (χ4v) is 3.24. The Balaban J connectivity index is 1.99. The molecular weight excluding hydrogens is 212 g/mol. The van der Waals surface area contributed by atoms with Gasteiger partial charge in [-0.15, -0.1) is 0 Å². The molecule has 1 amide bonds. The summed E-state index contributed by atoms with van der Waals surface area (Å²) >= 11 is 0. The van der Waals surface area contributed by atoms with E-state index >= 15 is 0 Å². The Labute approximate surface area is 105 Å². The Bertz CT molecular complexity index is 313. The molecule has 0 aromatic heterocycles. The molecule has 0 aliphatic heterocycles. The highest BCUT2D eigenvalue weighted by Gasteiger charge is 2.66. The van der Waals surface area contributed by atoms with Crippen molar-refractivity contribution < 1.29 is 4.79 Å². The van der Waals surface area contributed by atoms with E-state index in [-0.39, 0.29) is 22.8 Å². The summed E-state index contributed by atoms with van der Waals surface area (Å²) in [6.07, 6.45) is 5.06. The predicted molar refractivity (Wildman–Crippen MR) is 69.5 cm³/mol. The van der Waals surface area contributed by atoms with E-state index in [1.807, 2.05) is 0 Å². The van der Waals surface area contributed by atoms with Crippen LogP contribution in [0.5, 0.6) is 0 Å². The van der Waals surface area contributed by atoms with Crippen molar-refractivity contribution in [3.05, 3.63) is 0 Å². The minimum absolute atomic E-state index is 0.0702. The fraction of sp³-hybridized carbons (Fsp3) is 0.929. The quantitative estimate of drug-likeness (QED) is 0.775. The Morgan fingerprint density at radius 2 is 1.53 bits per heavy atom. The first-order valence-electron chi connectivity index (χ1n) is 6.82. The van der Waals surface area contributed by atoms with Crippen molar-refractivity contribution in [1.82, 2.24) is 5.32 Å². The monoisotopic (exact) mass is 238 g/mol. The Morgan fingerprint density at radius 1 is 1.06 bits per heavy atom. The topological polar surface area (TPSA) is 55.1 Å². The molecular formula is C14H26N2O. The molecule has 0 radical (unpaired) electrons. The summed E-state index contributed by atoms with van der Waals surface area (Å²) in [4.78, 5) is 12.3. The van der Waals surface area contributed by atoms with Gasteiger partial charge in [0.25, 0.3) is 0 Å². The van der Waals surface area contributed by atoms with Crippen LogP contribution in [0.4, 0.5) is 0 Å². The molecule has 2 fully saturated rings. The SMILES string of the molecule is CC1(C)C(NC(=O)C2(N)CCCCC2)C1(C)C. The second-order valence-corrected chi connectivity index (χ2v) is 7.07. The Kier molecular flexibility index (Phi) is 2.81. The number of nitrogens with two attached hydrogens (primary N) is 1. The van der Waals surface area contributed by atoms with Crippen molar-refractivity contribution in [1.29, 1.82) is 0 Å². The smallest absolute Gasteiger partial charge is 0.240 e. The summed E-state index contributed by atoms with van der Waals surface area (Å²) < 4.78 is 0. The summed E-state index contributed by atoms with van der Waals surface area (Å²) in [5.74, 6) is 0.0702. The number of amides is 1. The van der Waals surface area contributed by atoms with Gasteiger partial charge in [-0.1, -0.05) is 47.0 Å². The number of carbonyl (C=O) groups is 1. The van der Waals surface area contributed by atoms with Crippen LogP contribution in [0, 0.1) is 10.8 Å². The molecule has 2 aliphatic carbocycles. The van der Waals surface area contributed by atoms with Crippen LogP contribution in [0.25, 0.3) is 0 Å². The average molecular weight is 238 g/mol. The van der Waals surface area contributed by atoms with Crippen molar-refractivity contribution in [2.24, 2.45) is 16.6 Å². The van der Waals surface area contributed by atoms with E-state index in [1.54, 1.807) is 0 Å². The zero-order valence-electron chi connectivity index (χ0n) is 11.6. The zero-order chi connectivity index (χ0) is 12.9. The molecule has 0 aromatic rings. The number of rotatable bonds is 2. The molecule has 2 rings (SSSR count). The second-order valence-electron chi connectivity index (χ2n) is 7.07. The molecule has 2 aliphatic rings.